The minimum atomic E-state index is -3.35. The van der Waals surface area contributed by atoms with Crippen molar-refractivity contribution in [3.05, 3.63) is 40.1 Å². The van der Waals surface area contributed by atoms with E-state index in [4.69, 9.17) is 10.5 Å². The molecule has 2 aromatic heterocycles. The first-order chi connectivity index (χ1) is 12.9. The third-order valence-electron chi connectivity index (χ3n) is 4.81. The maximum atomic E-state index is 12.2. The van der Waals surface area contributed by atoms with Gasteiger partial charge in [-0.3, -0.25) is 14.5 Å². The number of carbonyl (C=O) groups is 1. The van der Waals surface area contributed by atoms with Crippen molar-refractivity contribution in [2.45, 2.75) is 30.4 Å². The minimum Gasteiger partial charge on any atom is -0.381 e. The van der Waals surface area contributed by atoms with Gasteiger partial charge in [-0.1, -0.05) is 0 Å². The lowest BCUT2D eigenvalue weighted by molar-refractivity contribution is 0.0999. The molecule has 4 rings (SSSR count). The zero-order valence-electron chi connectivity index (χ0n) is 14.5. The highest BCUT2D eigenvalue weighted by Gasteiger charge is 2.36. The molecule has 0 radical (unpaired) electrons. The SMILES string of the molecule is NC(=O)c1nc([C@@H](c2cc(NS(=O)(=O)C3CC3)ccn2)[C@H]2CCOC2)cs1. The number of hydrogen-bond acceptors (Lipinski definition) is 7. The number of thiazole rings is 1. The van der Waals surface area contributed by atoms with Crippen molar-refractivity contribution in [3.63, 3.8) is 0 Å². The fourth-order valence-corrected chi connectivity index (χ4v) is 5.38. The van der Waals surface area contributed by atoms with Gasteiger partial charge in [-0.25, -0.2) is 13.4 Å². The van der Waals surface area contributed by atoms with Crippen LogP contribution in [0.2, 0.25) is 0 Å². The molecule has 0 aromatic carbocycles. The number of pyridine rings is 1. The first kappa shape index (κ1) is 18.3. The molecule has 1 saturated heterocycles. The Hall–Kier alpha value is -2.04. The molecule has 0 spiro atoms. The highest BCUT2D eigenvalue weighted by Crippen LogP contribution is 2.37. The molecular weight excluding hydrogens is 388 g/mol. The number of nitrogens with one attached hydrogen (secondary N) is 1. The lowest BCUT2D eigenvalue weighted by atomic mass is 9.86. The van der Waals surface area contributed by atoms with Crippen molar-refractivity contribution in [1.29, 1.82) is 0 Å². The molecule has 2 aromatic rings. The standard InChI is InChI=1S/C17H20N4O4S2/c18-16(22)17-20-14(9-26-17)15(10-4-6-25-8-10)13-7-11(3-5-19-13)21-27(23,24)12-1-2-12/h3,5,7,9-10,12,15H,1-2,4,6,8H2,(H2,18,22)(H,19,21)/t10-,15+/m0/s1. The molecule has 10 heteroatoms. The van der Waals surface area contributed by atoms with Crippen LogP contribution in [-0.2, 0) is 14.8 Å². The molecule has 0 unspecified atom stereocenters. The topological polar surface area (TPSA) is 124 Å². The quantitative estimate of drug-likeness (QED) is 0.719. The molecule has 1 aliphatic carbocycles. The van der Waals surface area contributed by atoms with E-state index in [1.165, 1.54) is 11.3 Å². The monoisotopic (exact) mass is 408 g/mol. The van der Waals surface area contributed by atoms with Crippen molar-refractivity contribution in [1.82, 2.24) is 9.97 Å². The summed E-state index contributed by atoms with van der Waals surface area (Å²) in [5.74, 6) is -0.607. The molecule has 2 fully saturated rings. The lowest BCUT2D eigenvalue weighted by Gasteiger charge is -2.21. The van der Waals surface area contributed by atoms with E-state index in [1.54, 1.807) is 18.3 Å². The average molecular weight is 409 g/mol. The number of primary amides is 1. The van der Waals surface area contributed by atoms with Gasteiger partial charge < -0.3 is 10.5 Å². The number of nitrogens with zero attached hydrogens (tertiary/aromatic N) is 2. The maximum absolute atomic E-state index is 12.2. The van der Waals surface area contributed by atoms with Crippen molar-refractivity contribution < 1.29 is 17.9 Å². The number of rotatable bonds is 7. The van der Waals surface area contributed by atoms with Crippen LogP contribution in [-0.4, -0.2) is 42.8 Å². The van der Waals surface area contributed by atoms with Gasteiger partial charge in [-0.2, -0.15) is 0 Å². The second-order valence-corrected chi connectivity index (χ2v) is 9.68. The van der Waals surface area contributed by atoms with Crippen LogP contribution in [0.5, 0.6) is 0 Å². The molecular formula is C17H20N4O4S2. The number of nitrogens with two attached hydrogens (primary N) is 1. The molecule has 3 N–H and O–H groups in total. The van der Waals surface area contributed by atoms with Crippen LogP contribution in [0, 0.1) is 5.92 Å². The van der Waals surface area contributed by atoms with Crippen molar-refractivity contribution >= 4 is 33.0 Å². The van der Waals surface area contributed by atoms with Gasteiger partial charge in [-0.15, -0.1) is 11.3 Å². The second-order valence-electron chi connectivity index (χ2n) is 6.86. The van der Waals surface area contributed by atoms with Gasteiger partial charge in [0.25, 0.3) is 5.91 Å². The smallest absolute Gasteiger partial charge is 0.277 e. The summed E-state index contributed by atoms with van der Waals surface area (Å²) in [7, 11) is -3.35. The third kappa shape index (κ3) is 3.97. The first-order valence-corrected chi connectivity index (χ1v) is 11.2. The van der Waals surface area contributed by atoms with Crippen LogP contribution in [0.4, 0.5) is 5.69 Å². The summed E-state index contributed by atoms with van der Waals surface area (Å²) in [4.78, 5) is 20.3. The Labute approximate surface area is 161 Å². The maximum Gasteiger partial charge on any atom is 0.277 e. The van der Waals surface area contributed by atoms with Crippen LogP contribution in [0.15, 0.2) is 23.7 Å². The van der Waals surface area contributed by atoms with Gasteiger partial charge in [0.05, 0.1) is 28.9 Å². The number of anilines is 1. The highest BCUT2D eigenvalue weighted by atomic mass is 32.2. The van der Waals surface area contributed by atoms with Gasteiger partial charge in [0, 0.05) is 24.1 Å². The second kappa shape index (κ2) is 7.17. The molecule has 2 atom stereocenters. The van der Waals surface area contributed by atoms with E-state index in [0.717, 1.165) is 6.42 Å². The third-order valence-corrected chi connectivity index (χ3v) is 7.56. The predicted molar refractivity (Wildman–Crippen MR) is 101 cm³/mol. The zero-order chi connectivity index (χ0) is 19.0. The van der Waals surface area contributed by atoms with Gasteiger partial charge in [0.15, 0.2) is 5.01 Å². The molecule has 1 saturated carbocycles. The summed E-state index contributed by atoms with van der Waals surface area (Å²) >= 11 is 1.20. The fourth-order valence-electron chi connectivity index (χ4n) is 3.30. The largest absolute Gasteiger partial charge is 0.381 e. The summed E-state index contributed by atoms with van der Waals surface area (Å²) in [6.07, 6.45) is 3.83. The Bertz CT molecular complexity index is 949. The summed E-state index contributed by atoms with van der Waals surface area (Å²) in [6.45, 7) is 1.22. The van der Waals surface area contributed by atoms with E-state index in [0.29, 0.717) is 43.1 Å². The number of ether oxygens (including phenoxy) is 1. The normalized spacial score (nSPS) is 21.1. The summed E-state index contributed by atoms with van der Waals surface area (Å²) in [5, 5.41) is 1.76. The molecule has 2 aliphatic rings. The molecule has 144 valence electrons. The Kier molecular flexibility index (Phi) is 4.87. The van der Waals surface area contributed by atoms with Gasteiger partial charge >= 0.3 is 0 Å². The lowest BCUT2D eigenvalue weighted by Crippen LogP contribution is -2.19. The highest BCUT2D eigenvalue weighted by molar-refractivity contribution is 7.93. The van der Waals surface area contributed by atoms with Crippen LogP contribution in [0.25, 0.3) is 0 Å². The van der Waals surface area contributed by atoms with Crippen LogP contribution in [0.3, 0.4) is 0 Å². The van der Waals surface area contributed by atoms with Gasteiger partial charge in [0.2, 0.25) is 10.0 Å². The van der Waals surface area contributed by atoms with Gasteiger partial charge in [0.1, 0.15) is 0 Å². The number of aromatic nitrogens is 2. The van der Waals surface area contributed by atoms with Crippen molar-refractivity contribution in [2.24, 2.45) is 11.7 Å². The van der Waals surface area contributed by atoms with Gasteiger partial charge in [-0.05, 0) is 37.3 Å². The number of amides is 1. The van der Waals surface area contributed by atoms with E-state index in [2.05, 4.69) is 14.7 Å². The summed E-state index contributed by atoms with van der Waals surface area (Å²) in [5.41, 5.74) is 7.23. The van der Waals surface area contributed by atoms with E-state index >= 15 is 0 Å². The molecule has 3 heterocycles. The van der Waals surface area contributed by atoms with Crippen LogP contribution >= 0.6 is 11.3 Å². The van der Waals surface area contributed by atoms with Crippen LogP contribution < -0.4 is 10.5 Å². The molecule has 27 heavy (non-hydrogen) atoms. The average Bonchev–Trinajstić information content (AvgIpc) is 3.15. The summed E-state index contributed by atoms with van der Waals surface area (Å²) in [6, 6.07) is 3.38. The predicted octanol–water partition coefficient (Wildman–Crippen LogP) is 1.71. The first-order valence-electron chi connectivity index (χ1n) is 8.74. The Morgan fingerprint density at radius 1 is 1.33 bits per heavy atom. The van der Waals surface area contributed by atoms with Crippen LogP contribution in [0.1, 0.15) is 46.4 Å². The molecule has 1 aliphatic heterocycles. The van der Waals surface area contributed by atoms with Crippen molar-refractivity contribution in [3.8, 4) is 0 Å². The fraction of sp³-hybridized carbons (Fsp3) is 0.471. The summed E-state index contributed by atoms with van der Waals surface area (Å²) < 4.78 is 32.6. The van der Waals surface area contributed by atoms with E-state index < -0.39 is 15.9 Å². The molecule has 8 nitrogen and oxygen atoms in total. The van der Waals surface area contributed by atoms with E-state index in [1.807, 2.05) is 5.38 Å². The minimum absolute atomic E-state index is 0.149. The number of carbonyl (C=O) groups excluding carboxylic acids is 1. The van der Waals surface area contributed by atoms with Crippen molar-refractivity contribution in [2.75, 3.05) is 17.9 Å². The Morgan fingerprint density at radius 2 is 2.15 bits per heavy atom. The Morgan fingerprint density at radius 3 is 2.78 bits per heavy atom. The zero-order valence-corrected chi connectivity index (χ0v) is 16.1. The van der Waals surface area contributed by atoms with E-state index in [9.17, 15) is 13.2 Å². The molecule has 0 bridgehead atoms. The number of sulfonamides is 1. The number of hydrogen-bond donors (Lipinski definition) is 2. The molecule has 1 amide bonds. The Balaban J connectivity index is 1.67. The van der Waals surface area contributed by atoms with E-state index in [-0.39, 0.29) is 22.1 Å².